The Bertz CT molecular complexity index is 1440. The molecule has 4 rings (SSSR count). The Balaban J connectivity index is 1.58. The number of fused-ring (bicyclic) bond motifs is 1. The molecule has 2 N–H and O–H groups in total. The maximum atomic E-state index is 14.2. The van der Waals surface area contributed by atoms with Crippen molar-refractivity contribution >= 4 is 29.0 Å². The summed E-state index contributed by atoms with van der Waals surface area (Å²) in [7, 11) is 0. The molecular weight excluding hydrogens is 562 g/mol. The monoisotopic (exact) mass is 609 g/mol. The van der Waals surface area contributed by atoms with Gasteiger partial charge >= 0.3 is 12.2 Å². The molecular formula is C32H47N7O5. The number of nitrogens with zero attached hydrogens (tertiary/aromatic N) is 5. The molecule has 0 aliphatic carbocycles. The van der Waals surface area contributed by atoms with Crippen molar-refractivity contribution in [2.45, 2.75) is 91.5 Å². The molecule has 3 aromatic rings. The van der Waals surface area contributed by atoms with Crippen LogP contribution in [0.4, 0.5) is 9.59 Å². The van der Waals surface area contributed by atoms with Gasteiger partial charge in [-0.25, -0.2) is 14.3 Å². The highest BCUT2D eigenvalue weighted by molar-refractivity contribution is 5.85. The Morgan fingerprint density at radius 2 is 1.59 bits per heavy atom. The first-order valence-electron chi connectivity index (χ1n) is 15.3. The van der Waals surface area contributed by atoms with Gasteiger partial charge in [-0.2, -0.15) is 0 Å². The molecule has 0 saturated carbocycles. The van der Waals surface area contributed by atoms with Crippen LogP contribution in [0.25, 0.3) is 10.9 Å². The number of ether oxygens (including phenoxy) is 2. The Labute approximate surface area is 259 Å². The van der Waals surface area contributed by atoms with Gasteiger partial charge in [-0.05, 0) is 65.5 Å². The second kappa shape index (κ2) is 13.3. The lowest BCUT2D eigenvalue weighted by atomic mass is 10.0. The Morgan fingerprint density at radius 3 is 2.23 bits per heavy atom. The molecule has 0 spiro atoms. The summed E-state index contributed by atoms with van der Waals surface area (Å²) in [6.07, 6.45) is 3.76. The van der Waals surface area contributed by atoms with Crippen LogP contribution in [0.5, 0.6) is 0 Å². The first-order valence-corrected chi connectivity index (χ1v) is 15.3. The van der Waals surface area contributed by atoms with Crippen LogP contribution in [0.1, 0.15) is 85.2 Å². The maximum Gasteiger partial charge on any atom is 0.410 e. The van der Waals surface area contributed by atoms with Crippen molar-refractivity contribution in [1.82, 2.24) is 35.1 Å². The predicted octanol–water partition coefficient (Wildman–Crippen LogP) is 5.23. The lowest BCUT2D eigenvalue weighted by molar-refractivity contribution is -0.136. The van der Waals surface area contributed by atoms with Gasteiger partial charge in [0.1, 0.15) is 22.9 Å². The van der Waals surface area contributed by atoms with Crippen molar-refractivity contribution in [3.8, 4) is 0 Å². The number of aromatic amines is 1. The van der Waals surface area contributed by atoms with Gasteiger partial charge in [-0.3, -0.25) is 4.79 Å². The van der Waals surface area contributed by atoms with Gasteiger partial charge in [0, 0.05) is 49.7 Å². The molecule has 2 aromatic heterocycles. The number of benzene rings is 1. The quantitative estimate of drug-likeness (QED) is 0.357. The molecule has 2 atom stereocenters. The van der Waals surface area contributed by atoms with E-state index in [2.05, 4.69) is 34.5 Å². The molecule has 1 fully saturated rings. The number of rotatable bonds is 8. The molecule has 0 bridgehead atoms. The van der Waals surface area contributed by atoms with E-state index in [0.717, 1.165) is 16.5 Å². The first kappa shape index (κ1) is 32.8. The van der Waals surface area contributed by atoms with Gasteiger partial charge in [0.2, 0.25) is 5.91 Å². The Morgan fingerprint density at radius 1 is 0.955 bits per heavy atom. The summed E-state index contributed by atoms with van der Waals surface area (Å²) in [6.45, 7) is 16.6. The van der Waals surface area contributed by atoms with E-state index in [1.165, 1.54) is 0 Å². The summed E-state index contributed by atoms with van der Waals surface area (Å²) < 4.78 is 12.6. The minimum absolute atomic E-state index is 0.115. The number of amides is 3. The third kappa shape index (κ3) is 8.73. The lowest BCUT2D eigenvalue weighted by Crippen LogP contribution is -2.53. The van der Waals surface area contributed by atoms with Gasteiger partial charge in [0.05, 0.1) is 12.2 Å². The number of hydrogen-bond donors (Lipinski definition) is 2. The van der Waals surface area contributed by atoms with Crippen LogP contribution in [0.2, 0.25) is 0 Å². The molecule has 3 amide bonds. The highest BCUT2D eigenvalue weighted by atomic mass is 16.6. The molecule has 44 heavy (non-hydrogen) atoms. The zero-order chi connectivity index (χ0) is 32.2. The molecule has 3 heterocycles. The summed E-state index contributed by atoms with van der Waals surface area (Å²) in [6, 6.07) is 6.82. The molecule has 1 aromatic carbocycles. The molecule has 1 aliphatic rings. The zero-order valence-corrected chi connectivity index (χ0v) is 27.2. The minimum Gasteiger partial charge on any atom is -0.444 e. The average molecular weight is 610 g/mol. The largest absolute Gasteiger partial charge is 0.444 e. The third-order valence-corrected chi connectivity index (χ3v) is 7.22. The number of carbonyl (C=O) groups is 3. The summed E-state index contributed by atoms with van der Waals surface area (Å²) >= 11 is 0. The number of piperazine rings is 1. The normalized spacial score (nSPS) is 15.8. The fourth-order valence-corrected chi connectivity index (χ4v) is 5.23. The van der Waals surface area contributed by atoms with E-state index in [0.29, 0.717) is 44.7 Å². The van der Waals surface area contributed by atoms with Gasteiger partial charge in [-0.15, -0.1) is 5.10 Å². The van der Waals surface area contributed by atoms with E-state index in [1.54, 1.807) is 20.7 Å². The summed E-state index contributed by atoms with van der Waals surface area (Å²) in [4.78, 5) is 46.2. The number of para-hydroxylation sites is 1. The van der Waals surface area contributed by atoms with E-state index in [4.69, 9.17) is 9.47 Å². The van der Waals surface area contributed by atoms with Crippen LogP contribution in [0, 0.1) is 5.92 Å². The lowest BCUT2D eigenvalue weighted by Gasteiger charge is -2.37. The predicted molar refractivity (Wildman–Crippen MR) is 167 cm³/mol. The number of aromatic nitrogens is 4. The van der Waals surface area contributed by atoms with Gasteiger partial charge in [-0.1, -0.05) is 37.3 Å². The van der Waals surface area contributed by atoms with Crippen LogP contribution in [0.3, 0.4) is 0 Å². The highest BCUT2D eigenvalue weighted by Gasteiger charge is 2.33. The van der Waals surface area contributed by atoms with Crippen molar-refractivity contribution in [2.24, 2.45) is 5.92 Å². The molecule has 0 radical (unpaired) electrons. The Hall–Kier alpha value is -4.09. The van der Waals surface area contributed by atoms with E-state index < -0.39 is 29.4 Å². The molecule has 12 heteroatoms. The molecule has 1 saturated heterocycles. The van der Waals surface area contributed by atoms with Crippen molar-refractivity contribution in [3.05, 3.63) is 47.9 Å². The van der Waals surface area contributed by atoms with Gasteiger partial charge in [0.15, 0.2) is 0 Å². The van der Waals surface area contributed by atoms with E-state index in [-0.39, 0.29) is 17.9 Å². The van der Waals surface area contributed by atoms with E-state index in [9.17, 15) is 14.4 Å². The average Bonchev–Trinajstić information content (AvgIpc) is 3.56. The Kier molecular flexibility index (Phi) is 9.90. The second-order valence-corrected chi connectivity index (χ2v) is 13.8. The van der Waals surface area contributed by atoms with Gasteiger partial charge < -0.3 is 29.6 Å². The minimum atomic E-state index is -0.690. The molecule has 1 aliphatic heterocycles. The topological polar surface area (TPSA) is 135 Å². The van der Waals surface area contributed by atoms with Crippen LogP contribution >= 0.6 is 0 Å². The maximum absolute atomic E-state index is 14.2. The standard InChI is InChI=1S/C32H47N7O5/c1-21(2)17-25(34-29(41)43-31(3,4)5)26-20-39(36-35-26)27(18-22-19-33-24-12-10-9-11-23(22)24)28(40)37-13-15-38(16-14-37)30(42)44-32(6,7)8/h9-12,19-21,25,27,33H,13-18H2,1-8H3,(H,34,41)/t25?,27-/m0/s1. The number of alkyl carbamates (subject to hydrolysis) is 1. The summed E-state index contributed by atoms with van der Waals surface area (Å²) in [5.41, 5.74) is 1.28. The molecule has 240 valence electrons. The summed E-state index contributed by atoms with van der Waals surface area (Å²) in [5, 5.41) is 12.8. The summed E-state index contributed by atoms with van der Waals surface area (Å²) in [5.74, 6) is 0.140. The van der Waals surface area contributed by atoms with Crippen molar-refractivity contribution < 1.29 is 23.9 Å². The number of hydrogen-bond acceptors (Lipinski definition) is 7. The molecule has 1 unspecified atom stereocenters. The smallest absolute Gasteiger partial charge is 0.410 e. The van der Waals surface area contributed by atoms with Crippen LogP contribution < -0.4 is 5.32 Å². The van der Waals surface area contributed by atoms with Crippen LogP contribution in [-0.2, 0) is 20.7 Å². The number of nitrogens with one attached hydrogen (secondary N) is 2. The third-order valence-electron chi connectivity index (χ3n) is 7.22. The first-order chi connectivity index (χ1) is 20.6. The fraction of sp³-hybridized carbons (Fsp3) is 0.594. The SMILES string of the molecule is CC(C)CC(NC(=O)OC(C)(C)C)c1cn([C@@H](Cc2c[nH]c3ccccc23)C(=O)N2CCN(C(=O)OC(C)(C)C)CC2)nn1. The van der Waals surface area contributed by atoms with Crippen molar-refractivity contribution in [3.63, 3.8) is 0 Å². The highest BCUT2D eigenvalue weighted by Crippen LogP contribution is 2.27. The zero-order valence-electron chi connectivity index (χ0n) is 27.2. The second-order valence-electron chi connectivity index (χ2n) is 13.8. The fourth-order valence-electron chi connectivity index (χ4n) is 5.23. The van der Waals surface area contributed by atoms with Gasteiger partial charge in [0.25, 0.3) is 0 Å². The van der Waals surface area contributed by atoms with Crippen molar-refractivity contribution in [1.29, 1.82) is 0 Å². The van der Waals surface area contributed by atoms with E-state index >= 15 is 0 Å². The molecule has 12 nitrogen and oxygen atoms in total. The van der Waals surface area contributed by atoms with Crippen molar-refractivity contribution in [2.75, 3.05) is 26.2 Å². The van der Waals surface area contributed by atoms with Crippen LogP contribution in [-0.4, -0.2) is 85.3 Å². The van der Waals surface area contributed by atoms with Crippen LogP contribution in [0.15, 0.2) is 36.7 Å². The number of carbonyl (C=O) groups excluding carboxylic acids is 3. The van der Waals surface area contributed by atoms with E-state index in [1.807, 2.05) is 72.0 Å². The number of H-pyrrole nitrogens is 1.